The first-order chi connectivity index (χ1) is 6.88. The van der Waals surface area contributed by atoms with Gasteiger partial charge < -0.3 is 14.9 Å². The van der Waals surface area contributed by atoms with Crippen molar-refractivity contribution < 1.29 is 9.15 Å². The summed E-state index contributed by atoms with van der Waals surface area (Å²) in [4.78, 5) is 2.31. The summed E-state index contributed by atoms with van der Waals surface area (Å²) in [6.45, 7) is 4.07. The number of hydrogen-bond donors (Lipinski definition) is 1. The molecule has 1 aliphatic heterocycles. The van der Waals surface area contributed by atoms with Crippen molar-refractivity contribution in [1.82, 2.24) is 4.90 Å². The number of ether oxygens (including phenoxy) is 1. The third kappa shape index (κ3) is 2.35. The van der Waals surface area contributed by atoms with Crippen LogP contribution in [0, 0.1) is 0 Å². The standard InChI is InChI=1S/C10H16N2O2/c11-6-10-8-12(3-5-14-10)7-9-2-1-4-13-9/h1-2,4,10H,3,5-8,11H2/t10-/m1/s1. The zero-order chi connectivity index (χ0) is 9.80. The van der Waals surface area contributed by atoms with E-state index in [2.05, 4.69) is 4.90 Å². The van der Waals surface area contributed by atoms with Crippen LogP contribution in [0.1, 0.15) is 5.76 Å². The molecule has 14 heavy (non-hydrogen) atoms. The summed E-state index contributed by atoms with van der Waals surface area (Å²) in [5, 5.41) is 0. The number of nitrogens with two attached hydrogens (primary N) is 1. The van der Waals surface area contributed by atoms with Gasteiger partial charge in [-0.25, -0.2) is 0 Å². The van der Waals surface area contributed by atoms with Crippen molar-refractivity contribution in [3.05, 3.63) is 24.2 Å². The normalized spacial score (nSPS) is 23.9. The summed E-state index contributed by atoms with van der Waals surface area (Å²) in [6, 6.07) is 3.91. The predicted molar refractivity (Wildman–Crippen MR) is 52.8 cm³/mol. The smallest absolute Gasteiger partial charge is 0.117 e. The van der Waals surface area contributed by atoms with Crippen molar-refractivity contribution in [2.24, 2.45) is 5.73 Å². The lowest BCUT2D eigenvalue weighted by molar-refractivity contribution is -0.0278. The molecule has 0 radical (unpaired) electrons. The van der Waals surface area contributed by atoms with E-state index in [1.165, 1.54) is 0 Å². The fourth-order valence-corrected chi connectivity index (χ4v) is 1.69. The fraction of sp³-hybridized carbons (Fsp3) is 0.600. The van der Waals surface area contributed by atoms with Crippen LogP contribution in [0.25, 0.3) is 0 Å². The first kappa shape index (κ1) is 9.71. The average molecular weight is 196 g/mol. The SMILES string of the molecule is NC[C@@H]1CN(Cc2ccco2)CCO1. The van der Waals surface area contributed by atoms with E-state index < -0.39 is 0 Å². The molecule has 1 aromatic rings. The summed E-state index contributed by atoms with van der Waals surface area (Å²) in [6.07, 6.45) is 1.88. The van der Waals surface area contributed by atoms with Crippen molar-refractivity contribution in [2.75, 3.05) is 26.2 Å². The molecule has 78 valence electrons. The van der Waals surface area contributed by atoms with Crippen LogP contribution in [0.2, 0.25) is 0 Å². The maximum absolute atomic E-state index is 5.56. The molecule has 0 bridgehead atoms. The van der Waals surface area contributed by atoms with Crippen LogP contribution in [0.3, 0.4) is 0 Å². The summed E-state index contributed by atoms with van der Waals surface area (Å²) in [7, 11) is 0. The predicted octanol–water partition coefficient (Wildman–Crippen LogP) is 0.439. The second-order valence-electron chi connectivity index (χ2n) is 3.54. The van der Waals surface area contributed by atoms with Gasteiger partial charge in [-0.1, -0.05) is 0 Å². The molecular formula is C10H16N2O2. The lowest BCUT2D eigenvalue weighted by Crippen LogP contribution is -2.45. The van der Waals surface area contributed by atoms with E-state index in [9.17, 15) is 0 Å². The highest BCUT2D eigenvalue weighted by molar-refractivity contribution is 4.98. The molecule has 0 amide bonds. The Bertz CT molecular complexity index is 261. The van der Waals surface area contributed by atoms with Gasteiger partial charge in [0.1, 0.15) is 5.76 Å². The molecule has 1 saturated heterocycles. The Morgan fingerprint density at radius 1 is 1.57 bits per heavy atom. The van der Waals surface area contributed by atoms with Gasteiger partial charge in [0.25, 0.3) is 0 Å². The molecule has 0 unspecified atom stereocenters. The van der Waals surface area contributed by atoms with E-state index in [0.29, 0.717) is 6.54 Å². The molecule has 0 spiro atoms. The van der Waals surface area contributed by atoms with Gasteiger partial charge in [0, 0.05) is 19.6 Å². The van der Waals surface area contributed by atoms with Crippen molar-refractivity contribution in [1.29, 1.82) is 0 Å². The first-order valence-corrected chi connectivity index (χ1v) is 4.95. The zero-order valence-corrected chi connectivity index (χ0v) is 8.19. The summed E-state index contributed by atoms with van der Waals surface area (Å²) in [5.41, 5.74) is 5.56. The maximum Gasteiger partial charge on any atom is 0.117 e. The highest BCUT2D eigenvalue weighted by Gasteiger charge is 2.19. The van der Waals surface area contributed by atoms with E-state index in [4.69, 9.17) is 14.9 Å². The molecule has 1 aromatic heterocycles. The molecule has 2 rings (SSSR count). The van der Waals surface area contributed by atoms with Crippen LogP contribution in [-0.2, 0) is 11.3 Å². The Morgan fingerprint density at radius 3 is 3.21 bits per heavy atom. The minimum Gasteiger partial charge on any atom is -0.468 e. The number of morpholine rings is 1. The molecule has 0 aromatic carbocycles. The van der Waals surface area contributed by atoms with Crippen LogP contribution < -0.4 is 5.73 Å². The largest absolute Gasteiger partial charge is 0.468 e. The minimum absolute atomic E-state index is 0.179. The Balaban J connectivity index is 1.86. The molecular weight excluding hydrogens is 180 g/mol. The van der Waals surface area contributed by atoms with E-state index in [1.54, 1.807) is 6.26 Å². The zero-order valence-electron chi connectivity index (χ0n) is 8.19. The molecule has 1 aliphatic rings. The van der Waals surface area contributed by atoms with Crippen LogP contribution in [0.15, 0.2) is 22.8 Å². The molecule has 1 atom stereocenters. The monoisotopic (exact) mass is 196 g/mol. The quantitative estimate of drug-likeness (QED) is 0.762. The Kier molecular flexibility index (Phi) is 3.18. The van der Waals surface area contributed by atoms with Gasteiger partial charge in [-0.15, -0.1) is 0 Å². The molecule has 4 heteroatoms. The lowest BCUT2D eigenvalue weighted by Gasteiger charge is -2.31. The minimum atomic E-state index is 0.179. The van der Waals surface area contributed by atoms with Gasteiger partial charge in [-0.2, -0.15) is 0 Å². The molecule has 2 heterocycles. The molecule has 1 fully saturated rings. The summed E-state index contributed by atoms with van der Waals surface area (Å²) < 4.78 is 10.8. The van der Waals surface area contributed by atoms with Crippen molar-refractivity contribution in [3.8, 4) is 0 Å². The Labute approximate surface area is 83.6 Å². The van der Waals surface area contributed by atoms with E-state index in [-0.39, 0.29) is 6.10 Å². The second-order valence-corrected chi connectivity index (χ2v) is 3.54. The van der Waals surface area contributed by atoms with E-state index in [1.807, 2.05) is 12.1 Å². The number of rotatable bonds is 3. The van der Waals surface area contributed by atoms with Gasteiger partial charge in [-0.3, -0.25) is 4.90 Å². The maximum atomic E-state index is 5.56. The topological polar surface area (TPSA) is 51.6 Å². The molecule has 2 N–H and O–H groups in total. The van der Waals surface area contributed by atoms with Gasteiger partial charge >= 0.3 is 0 Å². The first-order valence-electron chi connectivity index (χ1n) is 4.95. The molecule has 0 aliphatic carbocycles. The van der Waals surface area contributed by atoms with Gasteiger partial charge in [-0.05, 0) is 12.1 Å². The van der Waals surface area contributed by atoms with Gasteiger partial charge in [0.05, 0.1) is 25.5 Å². The number of nitrogens with zero attached hydrogens (tertiary/aromatic N) is 1. The van der Waals surface area contributed by atoms with Gasteiger partial charge in [0.2, 0.25) is 0 Å². The summed E-state index contributed by atoms with van der Waals surface area (Å²) in [5.74, 6) is 1.00. The van der Waals surface area contributed by atoms with Crippen LogP contribution in [0.5, 0.6) is 0 Å². The molecule has 0 saturated carbocycles. The third-order valence-electron chi connectivity index (χ3n) is 2.45. The Hall–Kier alpha value is -0.840. The van der Waals surface area contributed by atoms with Crippen molar-refractivity contribution >= 4 is 0 Å². The third-order valence-corrected chi connectivity index (χ3v) is 2.45. The van der Waals surface area contributed by atoms with Crippen LogP contribution >= 0.6 is 0 Å². The number of furan rings is 1. The average Bonchev–Trinajstić information content (AvgIpc) is 2.71. The fourth-order valence-electron chi connectivity index (χ4n) is 1.69. The Morgan fingerprint density at radius 2 is 2.50 bits per heavy atom. The molecule has 4 nitrogen and oxygen atoms in total. The summed E-state index contributed by atoms with van der Waals surface area (Å²) >= 11 is 0. The van der Waals surface area contributed by atoms with E-state index in [0.717, 1.165) is 32.0 Å². The second kappa shape index (κ2) is 4.59. The highest BCUT2D eigenvalue weighted by Crippen LogP contribution is 2.09. The van der Waals surface area contributed by atoms with Gasteiger partial charge in [0.15, 0.2) is 0 Å². The lowest BCUT2D eigenvalue weighted by atomic mass is 10.2. The van der Waals surface area contributed by atoms with Crippen molar-refractivity contribution in [2.45, 2.75) is 12.6 Å². The van der Waals surface area contributed by atoms with E-state index >= 15 is 0 Å². The van der Waals surface area contributed by atoms with Crippen molar-refractivity contribution in [3.63, 3.8) is 0 Å². The van der Waals surface area contributed by atoms with Crippen LogP contribution in [0.4, 0.5) is 0 Å². The number of hydrogen-bond acceptors (Lipinski definition) is 4. The highest BCUT2D eigenvalue weighted by atomic mass is 16.5. The van der Waals surface area contributed by atoms with Crippen LogP contribution in [-0.4, -0.2) is 37.2 Å².